The summed E-state index contributed by atoms with van der Waals surface area (Å²) in [7, 11) is 0. The summed E-state index contributed by atoms with van der Waals surface area (Å²) >= 11 is 0. The summed E-state index contributed by atoms with van der Waals surface area (Å²) in [5.41, 5.74) is 3.76. The molecule has 1 heteroatoms. The van der Waals surface area contributed by atoms with Crippen LogP contribution >= 0.6 is 0 Å². The highest BCUT2D eigenvalue weighted by Gasteiger charge is 2.20. The topological polar surface area (TPSA) is 13.1 Å². The van der Waals surface area contributed by atoms with E-state index in [9.17, 15) is 2.74 Å². The van der Waals surface area contributed by atoms with Crippen LogP contribution in [0.25, 0.3) is 98.8 Å². The highest BCUT2D eigenvalue weighted by molar-refractivity contribution is 6.24. The van der Waals surface area contributed by atoms with Crippen LogP contribution in [0, 0.1) is 0 Å². The van der Waals surface area contributed by atoms with Crippen molar-refractivity contribution in [2.75, 3.05) is 0 Å². The molecule has 0 aliphatic carbocycles. The number of hydrogen-bond acceptors (Lipinski definition) is 1. The zero-order valence-corrected chi connectivity index (χ0v) is 25.9. The van der Waals surface area contributed by atoms with Gasteiger partial charge in [0.2, 0.25) is 0 Å². The molecule has 0 spiro atoms. The van der Waals surface area contributed by atoms with E-state index in [1.54, 1.807) is 0 Å². The van der Waals surface area contributed by atoms with Crippen LogP contribution < -0.4 is 0 Å². The molecule has 0 aliphatic rings. The average molecular weight is 634 g/mol. The molecule has 0 radical (unpaired) electrons. The smallest absolute Gasteiger partial charge is 0.143 e. The molecule has 0 amide bonds. The fourth-order valence-corrected chi connectivity index (χ4v) is 7.18. The first kappa shape index (κ1) is 18.8. The minimum atomic E-state index is -0.655. The van der Waals surface area contributed by atoms with E-state index in [0.29, 0.717) is 5.56 Å². The fraction of sp³-hybridized carbons (Fsp3) is 0. The van der Waals surface area contributed by atoms with E-state index in [1.807, 2.05) is 78.9 Å². The maximum absolute atomic E-state index is 9.29. The first-order valence-corrected chi connectivity index (χ1v) is 16.0. The molecule has 9 aromatic carbocycles. The lowest BCUT2D eigenvalue weighted by Gasteiger charge is -2.19. The maximum Gasteiger partial charge on any atom is 0.143 e. The molecule has 10 aromatic rings. The molecular formula is C48H30O. The van der Waals surface area contributed by atoms with Crippen LogP contribution in [0.15, 0.2) is 186 Å². The SMILES string of the molecule is [2H]c1c([2H])c([2H])c(-c2c([2H])c([2H])c3c(oc4c(-c5ccc(-c6c7ccccc7c(-c7ccccc7)c7ccccc67)c6ccccc56)c([2H])c([2H])c([2H])c43)c2[2H])c([2H])c1[2H]. The Morgan fingerprint density at radius 2 is 0.939 bits per heavy atom. The monoisotopic (exact) mass is 633 g/mol. The number of para-hydroxylation sites is 1. The van der Waals surface area contributed by atoms with E-state index >= 15 is 0 Å². The Morgan fingerprint density at radius 1 is 0.347 bits per heavy atom. The minimum absolute atomic E-state index is 0.0257. The van der Waals surface area contributed by atoms with E-state index in [4.69, 9.17) is 16.8 Å². The van der Waals surface area contributed by atoms with Gasteiger partial charge in [-0.15, -0.1) is 0 Å². The predicted molar refractivity (Wildman–Crippen MR) is 208 cm³/mol. The third kappa shape index (κ3) is 4.33. The van der Waals surface area contributed by atoms with Crippen LogP contribution in [0.1, 0.15) is 15.1 Å². The normalized spacial score (nSPS) is 14.8. The van der Waals surface area contributed by atoms with Gasteiger partial charge in [0.25, 0.3) is 0 Å². The number of benzene rings is 9. The zero-order chi connectivity index (χ0) is 41.9. The van der Waals surface area contributed by atoms with Crippen LogP contribution in [-0.4, -0.2) is 0 Å². The van der Waals surface area contributed by atoms with E-state index in [2.05, 4.69) is 36.4 Å². The van der Waals surface area contributed by atoms with E-state index in [1.165, 1.54) is 0 Å². The largest absolute Gasteiger partial charge is 0.455 e. The Morgan fingerprint density at radius 3 is 1.63 bits per heavy atom. The molecule has 1 nitrogen and oxygen atoms in total. The number of rotatable bonds is 4. The van der Waals surface area contributed by atoms with E-state index < -0.39 is 66.0 Å². The molecule has 0 aliphatic heterocycles. The standard InChI is InChI=1S/C48H30O/c1-3-14-31(15-4-1)33-26-27-37-44-25-13-24-43(48(44)49-45(37)30-33)36-28-29-42(35-19-8-7-18-34(35)36)47-40-22-11-9-20-38(40)46(32-16-5-2-6-17-32)39-21-10-12-23-41(39)47/h1-30H/i1D,3D,4D,13D,14D,15D,24D,25D,26D,27D,30D. The Balaban J connectivity index is 1.28. The van der Waals surface area contributed by atoms with Crippen LogP contribution in [0.4, 0.5) is 0 Å². The lowest BCUT2D eigenvalue weighted by atomic mass is 9.84. The number of hydrogen-bond donors (Lipinski definition) is 0. The van der Waals surface area contributed by atoms with Crippen molar-refractivity contribution in [1.29, 1.82) is 0 Å². The second-order valence-electron chi connectivity index (χ2n) is 11.9. The van der Waals surface area contributed by atoms with Gasteiger partial charge in [-0.1, -0.05) is 170 Å². The van der Waals surface area contributed by atoms with Crippen molar-refractivity contribution < 1.29 is 19.5 Å². The van der Waals surface area contributed by atoms with Crippen LogP contribution in [-0.2, 0) is 0 Å². The average Bonchev–Trinajstić information content (AvgIpc) is 3.68. The summed E-state index contributed by atoms with van der Waals surface area (Å²) in [5, 5.41) is 5.71. The van der Waals surface area contributed by atoms with Gasteiger partial charge in [0.05, 0.1) is 15.1 Å². The van der Waals surface area contributed by atoms with Gasteiger partial charge in [-0.25, -0.2) is 0 Å². The summed E-state index contributed by atoms with van der Waals surface area (Å²) in [5.74, 6) is 0. The Kier molecular flexibility index (Phi) is 4.25. The third-order valence-corrected chi connectivity index (χ3v) is 9.27. The Labute approximate surface area is 299 Å². The molecule has 0 N–H and O–H groups in total. The van der Waals surface area contributed by atoms with Crippen LogP contribution in [0.3, 0.4) is 0 Å². The molecule has 1 heterocycles. The molecule has 0 saturated heterocycles. The summed E-state index contributed by atoms with van der Waals surface area (Å²) in [6, 6.07) is 32.6. The Hall–Kier alpha value is -6.44. The highest BCUT2D eigenvalue weighted by atomic mass is 16.3. The second kappa shape index (κ2) is 11.1. The lowest BCUT2D eigenvalue weighted by molar-refractivity contribution is 0.670. The zero-order valence-electron chi connectivity index (χ0n) is 36.9. The maximum atomic E-state index is 9.29. The number of furan rings is 1. The molecule has 0 saturated carbocycles. The predicted octanol–water partition coefficient (Wildman–Crippen LogP) is 13.7. The molecule has 1 aromatic heterocycles. The van der Waals surface area contributed by atoms with Crippen LogP contribution in [0.5, 0.6) is 0 Å². The van der Waals surface area contributed by atoms with E-state index in [0.717, 1.165) is 54.6 Å². The molecule has 10 rings (SSSR count). The molecule has 49 heavy (non-hydrogen) atoms. The molecule has 0 fully saturated rings. The van der Waals surface area contributed by atoms with Crippen molar-refractivity contribution in [3.05, 3.63) is 182 Å². The Bertz CT molecular complexity index is 3420. The quantitative estimate of drug-likeness (QED) is 0.176. The van der Waals surface area contributed by atoms with Crippen molar-refractivity contribution in [3.63, 3.8) is 0 Å². The first-order chi connectivity index (χ1) is 28.9. The van der Waals surface area contributed by atoms with Crippen molar-refractivity contribution in [3.8, 4) is 44.5 Å². The van der Waals surface area contributed by atoms with Gasteiger partial charge in [-0.3, -0.25) is 0 Å². The van der Waals surface area contributed by atoms with Gasteiger partial charge in [0.15, 0.2) is 0 Å². The summed E-state index contributed by atoms with van der Waals surface area (Å²) in [6.07, 6.45) is 0. The van der Waals surface area contributed by atoms with Gasteiger partial charge in [0, 0.05) is 16.3 Å². The second-order valence-corrected chi connectivity index (χ2v) is 11.9. The van der Waals surface area contributed by atoms with Crippen molar-refractivity contribution >= 4 is 54.3 Å². The third-order valence-electron chi connectivity index (χ3n) is 9.27. The summed E-state index contributed by atoms with van der Waals surface area (Å²) < 4.78 is 103. The number of fused-ring (bicyclic) bond motifs is 6. The van der Waals surface area contributed by atoms with Crippen molar-refractivity contribution in [2.24, 2.45) is 0 Å². The van der Waals surface area contributed by atoms with Gasteiger partial charge in [-0.05, 0) is 83.3 Å². The van der Waals surface area contributed by atoms with Crippen molar-refractivity contribution in [1.82, 2.24) is 0 Å². The summed E-state index contributed by atoms with van der Waals surface area (Å²) in [4.78, 5) is 0. The molecular weight excluding hydrogens is 593 g/mol. The van der Waals surface area contributed by atoms with Gasteiger partial charge in [-0.2, -0.15) is 0 Å². The van der Waals surface area contributed by atoms with Gasteiger partial charge in [0.1, 0.15) is 11.2 Å². The van der Waals surface area contributed by atoms with Gasteiger partial charge < -0.3 is 4.42 Å². The van der Waals surface area contributed by atoms with E-state index in [-0.39, 0.29) is 39.1 Å². The highest BCUT2D eigenvalue weighted by Crippen LogP contribution is 2.47. The molecule has 0 unspecified atom stereocenters. The van der Waals surface area contributed by atoms with Gasteiger partial charge >= 0.3 is 0 Å². The molecule has 0 atom stereocenters. The lowest BCUT2D eigenvalue weighted by Crippen LogP contribution is -1.92. The minimum Gasteiger partial charge on any atom is -0.455 e. The molecule has 0 bridgehead atoms. The fourth-order valence-electron chi connectivity index (χ4n) is 7.18. The molecule has 228 valence electrons. The van der Waals surface area contributed by atoms with Crippen molar-refractivity contribution in [2.45, 2.75) is 0 Å². The van der Waals surface area contributed by atoms with Crippen LogP contribution in [0.2, 0.25) is 0 Å². The first-order valence-electron chi connectivity index (χ1n) is 21.5. The summed E-state index contributed by atoms with van der Waals surface area (Å²) in [6.45, 7) is 0.